The van der Waals surface area contributed by atoms with Crippen molar-refractivity contribution in [2.24, 2.45) is 0 Å². The first-order valence-electron chi connectivity index (χ1n) is 3.87. The monoisotopic (exact) mass is 244 g/mol. The molecule has 0 rings (SSSR count). The third kappa shape index (κ3) is 2.95. The lowest BCUT2D eigenvalue weighted by Gasteiger charge is -2.41. The molecule has 0 aromatic heterocycles. The van der Waals surface area contributed by atoms with Crippen LogP contribution in [0.3, 0.4) is 0 Å². The van der Waals surface area contributed by atoms with E-state index in [0.29, 0.717) is 10.5 Å². The molecule has 2 N–H and O–H groups in total. The van der Waals surface area contributed by atoms with Crippen molar-refractivity contribution >= 4 is 19.1 Å². The van der Waals surface area contributed by atoms with E-state index in [4.69, 9.17) is 28.2 Å². The van der Waals surface area contributed by atoms with Gasteiger partial charge in [-0.2, -0.15) is 0 Å². The molecule has 0 aliphatic rings. The van der Waals surface area contributed by atoms with Gasteiger partial charge in [-0.1, -0.05) is 0 Å². The summed E-state index contributed by atoms with van der Waals surface area (Å²) in [5, 5.41) is 0. The maximum atomic E-state index is 8.80. The Morgan fingerprint density at radius 2 is 1.57 bits per heavy atom. The average Bonchev–Trinajstić information content (AvgIpc) is 2.13. The Hall–Kier alpha value is 0.407. The molecule has 0 spiro atoms. The molecule has 0 heterocycles. The predicted molar refractivity (Wildman–Crippen MR) is 54.3 cm³/mol. The van der Waals surface area contributed by atoms with E-state index in [1.54, 1.807) is 13.8 Å². The van der Waals surface area contributed by atoms with E-state index in [0.717, 1.165) is 0 Å². The lowest BCUT2D eigenvalue weighted by Crippen LogP contribution is -2.55. The van der Waals surface area contributed by atoms with Crippen LogP contribution in [0.25, 0.3) is 0 Å². The first kappa shape index (κ1) is 14.4. The van der Waals surface area contributed by atoms with Crippen LogP contribution in [0.4, 0.5) is 0 Å². The number of hydrogen-bond acceptors (Lipinski definition) is 6. The van der Waals surface area contributed by atoms with Crippen LogP contribution in [0.1, 0.15) is 13.8 Å². The molecular formula is C6H17O6PSi. The van der Waals surface area contributed by atoms with E-state index >= 15 is 0 Å². The first-order chi connectivity index (χ1) is 6.35. The van der Waals surface area contributed by atoms with Gasteiger partial charge in [0.25, 0.3) is 0 Å². The van der Waals surface area contributed by atoms with Crippen molar-refractivity contribution in [3.8, 4) is 0 Å². The van der Waals surface area contributed by atoms with Gasteiger partial charge < -0.3 is 23.7 Å². The molecule has 0 atom stereocenters. The summed E-state index contributed by atoms with van der Waals surface area (Å²) in [6.45, 7) is 3.34. The van der Waals surface area contributed by atoms with E-state index in [1.807, 2.05) is 0 Å². The Bertz CT molecular complexity index is 172. The molecule has 0 aromatic rings. The molecule has 8 heteroatoms. The molecule has 0 saturated heterocycles. The minimum Gasteiger partial charge on any atom is -0.415 e. The maximum Gasteiger partial charge on any atom is 0.331 e. The van der Waals surface area contributed by atoms with Gasteiger partial charge in [-0.25, -0.2) is 0 Å². The van der Waals surface area contributed by atoms with Gasteiger partial charge >= 0.3 is 14.6 Å². The zero-order valence-corrected chi connectivity index (χ0v) is 11.9. The summed E-state index contributed by atoms with van der Waals surface area (Å²) in [5.41, 5.74) is -0.922. The lowest BCUT2D eigenvalue weighted by atomic mass is 10.1. The normalized spacial score (nSPS) is 13.9. The number of rotatable bonds is 6. The van der Waals surface area contributed by atoms with Gasteiger partial charge in [-0.3, -0.25) is 4.52 Å². The Labute approximate surface area is 87.7 Å². The molecule has 0 aliphatic carbocycles. The highest BCUT2D eigenvalue weighted by Crippen LogP contribution is 2.40. The van der Waals surface area contributed by atoms with E-state index in [2.05, 4.69) is 0 Å². The molecule has 0 aromatic carbocycles. The fourth-order valence-electron chi connectivity index (χ4n) is 0.992. The van der Waals surface area contributed by atoms with Crippen molar-refractivity contribution in [3.63, 3.8) is 0 Å². The van der Waals surface area contributed by atoms with Gasteiger partial charge in [-0.05, 0) is 13.8 Å². The van der Waals surface area contributed by atoms with Crippen LogP contribution in [-0.4, -0.2) is 46.1 Å². The average molecular weight is 244 g/mol. The SMILES string of the molecule is COC(OC)(OP(O)O)C(C)(C)O[SiH3]. The van der Waals surface area contributed by atoms with Crippen LogP contribution in [0.5, 0.6) is 0 Å². The van der Waals surface area contributed by atoms with E-state index in [9.17, 15) is 0 Å². The van der Waals surface area contributed by atoms with Crippen molar-refractivity contribution in [1.82, 2.24) is 0 Å². The second-order valence-electron chi connectivity index (χ2n) is 3.02. The molecule has 0 unspecified atom stereocenters. The molecule has 6 nitrogen and oxygen atoms in total. The molecule has 14 heavy (non-hydrogen) atoms. The van der Waals surface area contributed by atoms with Crippen LogP contribution in [0, 0.1) is 0 Å². The molecule has 0 fully saturated rings. The predicted octanol–water partition coefficient (Wildman–Crippen LogP) is -0.763. The van der Waals surface area contributed by atoms with Crippen LogP contribution >= 0.6 is 8.60 Å². The molecular weight excluding hydrogens is 227 g/mol. The molecule has 0 radical (unpaired) electrons. The Kier molecular flexibility index (Phi) is 5.64. The largest absolute Gasteiger partial charge is 0.415 e. The highest BCUT2D eigenvalue weighted by Gasteiger charge is 2.50. The summed E-state index contributed by atoms with van der Waals surface area (Å²) in [6, 6.07) is 0. The van der Waals surface area contributed by atoms with Gasteiger partial charge in [0.15, 0.2) is 0 Å². The minimum absolute atomic E-state index is 0.442. The van der Waals surface area contributed by atoms with Crippen LogP contribution < -0.4 is 0 Å². The lowest BCUT2D eigenvalue weighted by molar-refractivity contribution is -0.383. The maximum absolute atomic E-state index is 8.80. The molecule has 0 bridgehead atoms. The fourth-order valence-corrected chi connectivity index (χ4v) is 1.83. The zero-order valence-electron chi connectivity index (χ0n) is 8.97. The topological polar surface area (TPSA) is 77.4 Å². The highest BCUT2D eigenvalue weighted by molar-refractivity contribution is 7.39. The van der Waals surface area contributed by atoms with Crippen molar-refractivity contribution < 1.29 is 28.2 Å². The minimum atomic E-state index is -2.58. The summed E-state index contributed by atoms with van der Waals surface area (Å²) in [5.74, 6) is -1.61. The Morgan fingerprint density at radius 1 is 1.14 bits per heavy atom. The van der Waals surface area contributed by atoms with E-state index in [1.165, 1.54) is 14.2 Å². The van der Waals surface area contributed by atoms with E-state index < -0.39 is 20.2 Å². The van der Waals surface area contributed by atoms with Gasteiger partial charge in [0.2, 0.25) is 0 Å². The summed E-state index contributed by atoms with van der Waals surface area (Å²) >= 11 is 0. The molecule has 86 valence electrons. The van der Waals surface area contributed by atoms with Crippen LogP contribution in [0.2, 0.25) is 0 Å². The van der Waals surface area contributed by atoms with Crippen molar-refractivity contribution in [2.45, 2.75) is 25.4 Å². The van der Waals surface area contributed by atoms with Gasteiger partial charge in [0.1, 0.15) is 16.1 Å². The number of methoxy groups -OCH3 is 2. The van der Waals surface area contributed by atoms with Crippen molar-refractivity contribution in [2.75, 3.05) is 14.2 Å². The summed E-state index contributed by atoms with van der Waals surface area (Å²) in [4.78, 5) is 17.6. The zero-order chi connectivity index (χ0) is 11.4. The molecule has 0 aliphatic heterocycles. The van der Waals surface area contributed by atoms with Crippen molar-refractivity contribution in [1.29, 1.82) is 0 Å². The van der Waals surface area contributed by atoms with Gasteiger partial charge in [0.05, 0.1) is 0 Å². The number of hydrogen-bond donors (Lipinski definition) is 2. The van der Waals surface area contributed by atoms with Crippen LogP contribution in [-0.2, 0) is 18.4 Å². The Balaban J connectivity index is 4.86. The third-order valence-electron chi connectivity index (χ3n) is 1.99. The van der Waals surface area contributed by atoms with E-state index in [-0.39, 0.29) is 0 Å². The van der Waals surface area contributed by atoms with Crippen LogP contribution in [0.15, 0.2) is 0 Å². The van der Waals surface area contributed by atoms with Gasteiger partial charge in [0, 0.05) is 14.2 Å². The quantitative estimate of drug-likeness (QED) is 0.363. The Morgan fingerprint density at radius 3 is 1.79 bits per heavy atom. The standard InChI is InChI=1S/C6H17O6PSi/c1-5(2,12-14)6(9-3,10-4)11-13(7)8/h7-8H,1-4,14H3. The van der Waals surface area contributed by atoms with Gasteiger partial charge in [-0.15, -0.1) is 0 Å². The second kappa shape index (κ2) is 5.48. The highest BCUT2D eigenvalue weighted by atomic mass is 31.2. The van der Waals surface area contributed by atoms with Crippen molar-refractivity contribution in [3.05, 3.63) is 0 Å². The molecule has 0 saturated carbocycles. The summed E-state index contributed by atoms with van der Waals surface area (Å²) in [7, 11) is 0.533. The first-order valence-corrected chi connectivity index (χ1v) is 5.86. The third-order valence-corrected chi connectivity index (χ3v) is 3.41. The summed E-state index contributed by atoms with van der Waals surface area (Å²) in [6.07, 6.45) is 0. The molecule has 0 amide bonds. The second-order valence-corrected chi connectivity index (χ2v) is 4.12. The number of ether oxygens (including phenoxy) is 2. The smallest absolute Gasteiger partial charge is 0.331 e. The summed E-state index contributed by atoms with van der Waals surface area (Å²) < 4.78 is 20.1. The fraction of sp³-hybridized carbons (Fsp3) is 1.00.